The van der Waals surface area contributed by atoms with Crippen molar-refractivity contribution in [2.45, 2.75) is 272 Å². The largest absolute Gasteiger partial charge is 0.462 e. The Kier molecular flexibility index (Phi) is 40.8. The van der Waals surface area contributed by atoms with Crippen LogP contribution in [-0.4, -0.2) is 37.2 Å². The minimum atomic E-state index is -0.761. The zero-order valence-corrected chi connectivity index (χ0v) is 37.6. The second-order valence-electron chi connectivity index (χ2n) is 17.7. The van der Waals surface area contributed by atoms with E-state index in [1.807, 2.05) is 0 Å². The maximum Gasteiger partial charge on any atom is 0.306 e. The lowest BCUT2D eigenvalue weighted by Gasteiger charge is -2.18. The molecule has 0 bridgehead atoms. The van der Waals surface area contributed by atoms with Crippen LogP contribution in [0.5, 0.6) is 0 Å². The molecule has 6 nitrogen and oxygen atoms in total. The molecule has 0 aromatic carbocycles. The molecule has 0 unspecified atom stereocenters. The van der Waals surface area contributed by atoms with Crippen LogP contribution in [0.25, 0.3) is 0 Å². The van der Waals surface area contributed by atoms with Gasteiger partial charge in [-0.05, 0) is 31.1 Å². The maximum absolute atomic E-state index is 12.7. The Morgan fingerprint density at radius 1 is 0.345 bits per heavy atom. The summed E-state index contributed by atoms with van der Waals surface area (Å²) in [7, 11) is 0. The molecule has 55 heavy (non-hydrogen) atoms. The van der Waals surface area contributed by atoms with Gasteiger partial charge in [-0.2, -0.15) is 0 Å². The zero-order valence-electron chi connectivity index (χ0n) is 37.6. The number of unbranched alkanes of at least 4 members (excludes halogenated alkanes) is 28. The van der Waals surface area contributed by atoms with Crippen molar-refractivity contribution in [3.8, 4) is 0 Å². The van der Waals surface area contributed by atoms with E-state index >= 15 is 0 Å². The number of hydrogen-bond acceptors (Lipinski definition) is 6. The Morgan fingerprint density at radius 3 is 0.891 bits per heavy atom. The van der Waals surface area contributed by atoms with Crippen LogP contribution < -0.4 is 0 Å². The lowest BCUT2D eigenvalue weighted by atomic mass is 10.0. The van der Waals surface area contributed by atoms with Gasteiger partial charge >= 0.3 is 17.9 Å². The molecular weight excluding hydrogens is 685 g/mol. The van der Waals surface area contributed by atoms with Crippen LogP contribution in [0.3, 0.4) is 0 Å². The molecule has 0 amide bonds. The molecular formula is C49H94O6. The highest BCUT2D eigenvalue weighted by molar-refractivity contribution is 5.71. The lowest BCUT2D eigenvalue weighted by molar-refractivity contribution is -0.167. The normalized spacial score (nSPS) is 12.1. The molecule has 0 aliphatic rings. The van der Waals surface area contributed by atoms with E-state index in [-0.39, 0.29) is 31.1 Å². The molecule has 0 aromatic heterocycles. The molecule has 0 aliphatic heterocycles. The molecule has 0 N–H and O–H groups in total. The van der Waals surface area contributed by atoms with E-state index in [0.29, 0.717) is 19.3 Å². The number of esters is 3. The molecule has 6 heteroatoms. The van der Waals surface area contributed by atoms with Crippen LogP contribution in [0.2, 0.25) is 0 Å². The third-order valence-electron chi connectivity index (χ3n) is 11.0. The summed E-state index contributed by atoms with van der Waals surface area (Å²) in [5, 5.41) is 0. The van der Waals surface area contributed by atoms with Gasteiger partial charge in [0.25, 0.3) is 0 Å². The smallest absolute Gasteiger partial charge is 0.306 e. The quantitative estimate of drug-likeness (QED) is 0.0348. The monoisotopic (exact) mass is 779 g/mol. The van der Waals surface area contributed by atoms with Gasteiger partial charge in [0.1, 0.15) is 13.2 Å². The van der Waals surface area contributed by atoms with E-state index in [2.05, 4.69) is 34.6 Å². The van der Waals surface area contributed by atoms with Crippen LogP contribution in [0, 0.1) is 11.8 Å². The highest BCUT2D eigenvalue weighted by Crippen LogP contribution is 2.17. The Hall–Kier alpha value is -1.59. The van der Waals surface area contributed by atoms with Gasteiger partial charge in [0, 0.05) is 19.3 Å². The predicted molar refractivity (Wildman–Crippen MR) is 233 cm³/mol. The van der Waals surface area contributed by atoms with Crippen molar-refractivity contribution in [2.75, 3.05) is 13.2 Å². The summed E-state index contributed by atoms with van der Waals surface area (Å²) in [5.74, 6) is 0.749. The summed E-state index contributed by atoms with van der Waals surface area (Å²) in [6, 6.07) is 0. The predicted octanol–water partition coefficient (Wildman–Crippen LogP) is 15.4. The van der Waals surface area contributed by atoms with E-state index in [0.717, 1.165) is 69.6 Å². The fourth-order valence-electron chi connectivity index (χ4n) is 7.28. The van der Waals surface area contributed by atoms with Gasteiger partial charge in [0.05, 0.1) is 0 Å². The number of rotatable bonds is 43. The highest BCUT2D eigenvalue weighted by atomic mass is 16.6. The Morgan fingerprint density at radius 2 is 0.600 bits per heavy atom. The molecule has 1 atom stereocenters. The summed E-state index contributed by atoms with van der Waals surface area (Å²) in [6.07, 6.45) is 41.0. The van der Waals surface area contributed by atoms with Crippen molar-refractivity contribution in [3.63, 3.8) is 0 Å². The van der Waals surface area contributed by atoms with Crippen LogP contribution in [0.1, 0.15) is 266 Å². The van der Waals surface area contributed by atoms with Gasteiger partial charge in [0.2, 0.25) is 0 Å². The molecule has 0 saturated carbocycles. The van der Waals surface area contributed by atoms with E-state index in [4.69, 9.17) is 14.2 Å². The van der Waals surface area contributed by atoms with Crippen molar-refractivity contribution >= 4 is 17.9 Å². The lowest BCUT2D eigenvalue weighted by Crippen LogP contribution is -2.30. The number of ether oxygens (including phenoxy) is 3. The van der Waals surface area contributed by atoms with E-state index < -0.39 is 6.10 Å². The van der Waals surface area contributed by atoms with Gasteiger partial charge < -0.3 is 14.2 Å². The third kappa shape index (κ3) is 43.4. The molecule has 0 spiro atoms. The fraction of sp³-hybridized carbons (Fsp3) is 0.939. The maximum atomic E-state index is 12.7. The topological polar surface area (TPSA) is 78.9 Å². The van der Waals surface area contributed by atoms with Crippen molar-refractivity contribution in [3.05, 3.63) is 0 Å². The SMILES string of the molecule is CCCCCCCCCCCCCC(=O)OC[C@H](COC(=O)CCCCCCCCC(C)C)OC(=O)CCCCCCCCCCCCCCCCC(C)C. The Labute approximate surface area is 342 Å². The minimum Gasteiger partial charge on any atom is -0.462 e. The first-order valence-electron chi connectivity index (χ1n) is 24.2. The average molecular weight is 779 g/mol. The van der Waals surface area contributed by atoms with E-state index in [9.17, 15) is 14.4 Å². The van der Waals surface area contributed by atoms with Crippen molar-refractivity contribution in [1.82, 2.24) is 0 Å². The van der Waals surface area contributed by atoms with Crippen LogP contribution in [0.15, 0.2) is 0 Å². The van der Waals surface area contributed by atoms with Crippen LogP contribution in [0.4, 0.5) is 0 Å². The first-order chi connectivity index (χ1) is 26.7. The first-order valence-corrected chi connectivity index (χ1v) is 24.2. The average Bonchev–Trinajstić information content (AvgIpc) is 3.15. The van der Waals surface area contributed by atoms with Gasteiger partial charge in [-0.15, -0.1) is 0 Å². The number of carbonyl (C=O) groups is 3. The number of hydrogen-bond donors (Lipinski definition) is 0. The van der Waals surface area contributed by atoms with Crippen molar-refractivity contribution in [2.24, 2.45) is 11.8 Å². The minimum absolute atomic E-state index is 0.0649. The standard InChI is InChI=1S/C49H94O6/c1-6-7-8-9-10-11-16-20-23-29-34-39-47(50)53-42-46(43-54-48(51)40-35-30-26-25-28-33-38-45(4)5)55-49(52)41-36-31-24-21-18-15-13-12-14-17-19-22-27-32-37-44(2)3/h44-46H,6-43H2,1-5H3/t46-/m1/s1. The second-order valence-corrected chi connectivity index (χ2v) is 17.7. The Bertz CT molecular complexity index is 839. The summed E-state index contributed by atoms with van der Waals surface area (Å²) in [5.41, 5.74) is 0. The molecule has 0 radical (unpaired) electrons. The van der Waals surface area contributed by atoms with Crippen molar-refractivity contribution < 1.29 is 28.6 Å². The van der Waals surface area contributed by atoms with Gasteiger partial charge in [-0.1, -0.05) is 227 Å². The van der Waals surface area contributed by atoms with Crippen LogP contribution in [-0.2, 0) is 28.6 Å². The van der Waals surface area contributed by atoms with Gasteiger partial charge in [0.15, 0.2) is 6.10 Å². The summed E-state index contributed by atoms with van der Waals surface area (Å²) < 4.78 is 16.7. The summed E-state index contributed by atoms with van der Waals surface area (Å²) in [4.78, 5) is 37.7. The summed E-state index contributed by atoms with van der Waals surface area (Å²) >= 11 is 0. The summed E-state index contributed by atoms with van der Waals surface area (Å²) in [6.45, 7) is 11.3. The first kappa shape index (κ1) is 53.4. The Balaban J connectivity index is 4.27. The third-order valence-corrected chi connectivity index (χ3v) is 11.0. The molecule has 326 valence electrons. The molecule has 0 saturated heterocycles. The van der Waals surface area contributed by atoms with E-state index in [1.165, 1.54) is 154 Å². The molecule has 0 heterocycles. The van der Waals surface area contributed by atoms with E-state index in [1.54, 1.807) is 0 Å². The second kappa shape index (κ2) is 42.0. The molecule has 0 aliphatic carbocycles. The van der Waals surface area contributed by atoms with Gasteiger partial charge in [-0.25, -0.2) is 0 Å². The molecule has 0 aromatic rings. The van der Waals surface area contributed by atoms with Gasteiger partial charge in [-0.3, -0.25) is 14.4 Å². The highest BCUT2D eigenvalue weighted by Gasteiger charge is 2.19. The number of carbonyl (C=O) groups excluding carboxylic acids is 3. The van der Waals surface area contributed by atoms with Crippen LogP contribution >= 0.6 is 0 Å². The zero-order chi connectivity index (χ0) is 40.5. The fourth-order valence-corrected chi connectivity index (χ4v) is 7.28. The van der Waals surface area contributed by atoms with Crippen molar-refractivity contribution in [1.29, 1.82) is 0 Å². The molecule has 0 fully saturated rings. The molecule has 0 rings (SSSR count).